The molecule has 3 nitrogen and oxygen atoms in total. The third-order valence-corrected chi connectivity index (χ3v) is 6.37. The van der Waals surface area contributed by atoms with Crippen LogP contribution in [0, 0.1) is 5.92 Å². The Kier molecular flexibility index (Phi) is 25.1. The van der Waals surface area contributed by atoms with Crippen LogP contribution in [0.3, 0.4) is 0 Å². The summed E-state index contributed by atoms with van der Waals surface area (Å²) in [6.07, 6.45) is 24.7. The average molecular weight is 482 g/mol. The zero-order valence-corrected chi connectivity index (χ0v) is 21.9. The monoisotopic (exact) mass is 481 g/mol. The van der Waals surface area contributed by atoms with Crippen LogP contribution in [0.5, 0.6) is 0 Å². The van der Waals surface area contributed by atoms with E-state index in [0.717, 1.165) is 32.4 Å². The van der Waals surface area contributed by atoms with Crippen molar-refractivity contribution in [2.24, 2.45) is 5.92 Å². The number of hydrogen-bond donors (Lipinski definition) is 3. The summed E-state index contributed by atoms with van der Waals surface area (Å²) in [5, 5.41) is 21.6. The van der Waals surface area contributed by atoms with Gasteiger partial charge in [-0.05, 0) is 63.0 Å². The highest BCUT2D eigenvalue weighted by atomic mass is 35.5. The molecular formula is C29H52ClNO2. The van der Waals surface area contributed by atoms with Crippen LogP contribution < -0.4 is 5.32 Å². The molecule has 0 amide bonds. The van der Waals surface area contributed by atoms with E-state index in [-0.39, 0.29) is 25.6 Å². The Labute approximate surface area is 210 Å². The van der Waals surface area contributed by atoms with Gasteiger partial charge in [-0.1, -0.05) is 100 Å². The maximum Gasteiger partial charge on any atom is 0.0433 e. The summed E-state index contributed by atoms with van der Waals surface area (Å²) in [5.74, 6) is 0.509. The number of aliphatic hydroxyl groups is 2. The van der Waals surface area contributed by atoms with Crippen LogP contribution in [0.25, 0.3) is 0 Å². The molecule has 0 radical (unpaired) electrons. The molecule has 0 aliphatic heterocycles. The van der Waals surface area contributed by atoms with Gasteiger partial charge in [0, 0.05) is 19.8 Å². The van der Waals surface area contributed by atoms with Gasteiger partial charge >= 0.3 is 0 Å². The molecule has 1 rings (SSSR count). The van der Waals surface area contributed by atoms with Gasteiger partial charge in [0.2, 0.25) is 0 Å². The van der Waals surface area contributed by atoms with Crippen LogP contribution >= 0.6 is 12.4 Å². The average Bonchev–Trinajstić information content (AvgIpc) is 2.81. The summed E-state index contributed by atoms with van der Waals surface area (Å²) in [6, 6.07) is 10.6. The predicted octanol–water partition coefficient (Wildman–Crippen LogP) is 7.60. The molecule has 1 aromatic carbocycles. The van der Waals surface area contributed by atoms with Gasteiger partial charge in [0.15, 0.2) is 0 Å². The van der Waals surface area contributed by atoms with Gasteiger partial charge in [0.1, 0.15) is 0 Å². The summed E-state index contributed by atoms with van der Waals surface area (Å²) >= 11 is 0. The lowest BCUT2D eigenvalue weighted by molar-refractivity contribution is 0.207. The van der Waals surface area contributed by atoms with E-state index in [9.17, 15) is 0 Å². The number of hydrogen-bond acceptors (Lipinski definition) is 3. The lowest BCUT2D eigenvalue weighted by atomic mass is 9.95. The number of rotatable bonds is 23. The van der Waals surface area contributed by atoms with Crippen molar-refractivity contribution in [3.8, 4) is 0 Å². The molecule has 3 N–H and O–H groups in total. The van der Waals surface area contributed by atoms with E-state index < -0.39 is 0 Å². The SMILES string of the molecule is Cl.OCCC(CCO)CCCCCCC/C=C\CCCCCCCCNCc1ccccc1. The number of benzene rings is 1. The molecule has 0 aliphatic rings. The zero-order chi connectivity index (χ0) is 23.0. The highest BCUT2D eigenvalue weighted by Gasteiger charge is 2.06. The van der Waals surface area contributed by atoms with Gasteiger partial charge in [-0.25, -0.2) is 0 Å². The molecule has 0 bridgehead atoms. The van der Waals surface area contributed by atoms with E-state index in [2.05, 4.69) is 47.8 Å². The van der Waals surface area contributed by atoms with Crippen molar-refractivity contribution < 1.29 is 10.2 Å². The molecule has 0 fully saturated rings. The number of halogens is 1. The van der Waals surface area contributed by atoms with Gasteiger partial charge in [-0.2, -0.15) is 0 Å². The maximum absolute atomic E-state index is 9.06. The Morgan fingerprint density at radius 2 is 1.15 bits per heavy atom. The first-order chi connectivity index (χ1) is 15.9. The standard InChI is InChI=1S/C29H51NO2.ClH/c31-25-22-28(23-26-32)19-15-12-10-8-6-4-2-1-3-5-7-9-11-13-18-24-30-27-29-20-16-14-17-21-29;/h1-2,14,16-17,20-21,28,30-32H,3-13,15,18-19,22-27H2;1H/b2-1-;. The van der Waals surface area contributed by atoms with Gasteiger partial charge in [-0.3, -0.25) is 0 Å². The normalized spacial score (nSPS) is 11.4. The number of unbranched alkanes of at least 4 members (excludes halogenated alkanes) is 11. The van der Waals surface area contributed by atoms with Crippen molar-refractivity contribution >= 4 is 12.4 Å². The minimum atomic E-state index is 0. The molecule has 0 atom stereocenters. The summed E-state index contributed by atoms with van der Waals surface area (Å²) in [4.78, 5) is 0. The summed E-state index contributed by atoms with van der Waals surface area (Å²) in [5.41, 5.74) is 1.37. The Balaban J connectivity index is 0.0000102. The third-order valence-electron chi connectivity index (χ3n) is 6.37. The molecule has 4 heteroatoms. The molecular weight excluding hydrogens is 430 g/mol. The van der Waals surface area contributed by atoms with Crippen LogP contribution in [0.4, 0.5) is 0 Å². The lowest BCUT2D eigenvalue weighted by Gasteiger charge is -2.13. The molecule has 33 heavy (non-hydrogen) atoms. The fraction of sp³-hybridized carbons (Fsp3) is 0.724. The fourth-order valence-corrected chi connectivity index (χ4v) is 4.31. The molecule has 1 aromatic rings. The van der Waals surface area contributed by atoms with Crippen LogP contribution in [-0.2, 0) is 6.54 Å². The molecule has 0 heterocycles. The Bertz CT molecular complexity index is 518. The number of allylic oxidation sites excluding steroid dienone is 2. The van der Waals surface area contributed by atoms with E-state index in [0.29, 0.717) is 5.92 Å². The van der Waals surface area contributed by atoms with E-state index in [1.165, 1.54) is 89.0 Å². The largest absolute Gasteiger partial charge is 0.396 e. The maximum atomic E-state index is 9.06. The highest BCUT2D eigenvalue weighted by molar-refractivity contribution is 5.85. The molecule has 192 valence electrons. The van der Waals surface area contributed by atoms with E-state index in [1.807, 2.05) is 0 Å². The number of aliphatic hydroxyl groups excluding tert-OH is 2. The molecule has 0 saturated carbocycles. The second-order valence-electron chi connectivity index (χ2n) is 9.28. The topological polar surface area (TPSA) is 52.5 Å². The van der Waals surface area contributed by atoms with Gasteiger partial charge < -0.3 is 15.5 Å². The van der Waals surface area contributed by atoms with Gasteiger partial charge in [0.25, 0.3) is 0 Å². The first kappa shape index (κ1) is 32.1. The molecule has 0 saturated heterocycles. The van der Waals surface area contributed by atoms with Crippen LogP contribution in [0.1, 0.15) is 108 Å². The lowest BCUT2D eigenvalue weighted by Crippen LogP contribution is -2.14. The van der Waals surface area contributed by atoms with E-state index in [1.54, 1.807) is 0 Å². The Hall–Kier alpha value is -0.870. The first-order valence-corrected chi connectivity index (χ1v) is 13.5. The quantitative estimate of drug-likeness (QED) is 0.111. The van der Waals surface area contributed by atoms with Gasteiger partial charge in [-0.15, -0.1) is 12.4 Å². The first-order valence-electron chi connectivity index (χ1n) is 13.5. The summed E-state index contributed by atoms with van der Waals surface area (Å²) < 4.78 is 0. The van der Waals surface area contributed by atoms with Crippen molar-refractivity contribution in [1.82, 2.24) is 5.32 Å². The van der Waals surface area contributed by atoms with Crippen LogP contribution in [0.15, 0.2) is 42.5 Å². The van der Waals surface area contributed by atoms with Crippen LogP contribution in [0.2, 0.25) is 0 Å². The Morgan fingerprint density at radius 1 is 0.636 bits per heavy atom. The fourth-order valence-electron chi connectivity index (χ4n) is 4.31. The molecule has 0 spiro atoms. The zero-order valence-electron chi connectivity index (χ0n) is 21.1. The van der Waals surface area contributed by atoms with Crippen molar-refractivity contribution in [2.75, 3.05) is 19.8 Å². The predicted molar refractivity (Wildman–Crippen MR) is 146 cm³/mol. The summed E-state index contributed by atoms with van der Waals surface area (Å²) in [7, 11) is 0. The highest BCUT2D eigenvalue weighted by Crippen LogP contribution is 2.18. The smallest absolute Gasteiger partial charge is 0.0433 e. The van der Waals surface area contributed by atoms with Crippen molar-refractivity contribution in [2.45, 2.75) is 109 Å². The second-order valence-corrected chi connectivity index (χ2v) is 9.28. The second kappa shape index (κ2) is 25.7. The summed E-state index contributed by atoms with van der Waals surface area (Å²) in [6.45, 7) is 2.63. The van der Waals surface area contributed by atoms with Crippen molar-refractivity contribution in [3.05, 3.63) is 48.0 Å². The van der Waals surface area contributed by atoms with Gasteiger partial charge in [0.05, 0.1) is 0 Å². The molecule has 0 aliphatic carbocycles. The molecule has 0 aromatic heterocycles. The number of nitrogens with one attached hydrogen (secondary N) is 1. The van der Waals surface area contributed by atoms with E-state index in [4.69, 9.17) is 10.2 Å². The van der Waals surface area contributed by atoms with Crippen LogP contribution in [-0.4, -0.2) is 30.0 Å². The molecule has 0 unspecified atom stereocenters. The van der Waals surface area contributed by atoms with Crippen molar-refractivity contribution in [1.29, 1.82) is 0 Å². The Morgan fingerprint density at radius 3 is 1.73 bits per heavy atom. The third kappa shape index (κ3) is 21.4. The van der Waals surface area contributed by atoms with E-state index >= 15 is 0 Å². The van der Waals surface area contributed by atoms with Crippen molar-refractivity contribution in [3.63, 3.8) is 0 Å². The minimum Gasteiger partial charge on any atom is -0.396 e. The minimum absolute atomic E-state index is 0.